The van der Waals surface area contributed by atoms with Crippen LogP contribution in [0.15, 0.2) is 53.6 Å². The molecule has 19 heavy (non-hydrogen) atoms. The van der Waals surface area contributed by atoms with Crippen molar-refractivity contribution in [3.8, 4) is 0 Å². The first-order chi connectivity index (χ1) is 9.15. The zero-order chi connectivity index (χ0) is 13.7. The molecule has 0 fully saturated rings. The van der Waals surface area contributed by atoms with Gasteiger partial charge in [0.05, 0.1) is 17.5 Å². The van der Waals surface area contributed by atoms with Gasteiger partial charge in [0.25, 0.3) is 0 Å². The molecule has 96 valence electrons. The fourth-order valence-corrected chi connectivity index (χ4v) is 1.49. The summed E-state index contributed by atoms with van der Waals surface area (Å²) in [6, 6.07) is 12.2. The lowest BCUT2D eigenvalue weighted by Gasteiger charge is -2.01. The van der Waals surface area contributed by atoms with Crippen LogP contribution in [0.5, 0.6) is 0 Å². The third kappa shape index (κ3) is 3.64. The Hall–Kier alpha value is -2.69. The number of halogens is 1. The highest BCUT2D eigenvalue weighted by molar-refractivity contribution is 5.88. The predicted molar refractivity (Wildman–Crippen MR) is 71.0 cm³/mol. The van der Waals surface area contributed by atoms with E-state index in [4.69, 9.17) is 5.11 Å². The lowest BCUT2D eigenvalue weighted by atomic mass is 10.2. The first kappa shape index (κ1) is 12.8. The second-order valence-corrected chi connectivity index (χ2v) is 3.81. The smallest absolute Gasteiger partial charge is 0.335 e. The van der Waals surface area contributed by atoms with Gasteiger partial charge >= 0.3 is 5.97 Å². The molecule has 0 amide bonds. The number of aromatic carboxylic acids is 1. The van der Waals surface area contributed by atoms with Gasteiger partial charge in [-0.1, -0.05) is 18.2 Å². The van der Waals surface area contributed by atoms with Crippen molar-refractivity contribution in [1.82, 2.24) is 0 Å². The minimum absolute atomic E-state index is 0.172. The molecule has 0 aliphatic heterocycles. The Morgan fingerprint density at radius 2 is 2.00 bits per heavy atom. The number of hydrogen-bond donors (Lipinski definition) is 2. The van der Waals surface area contributed by atoms with E-state index in [2.05, 4.69) is 10.5 Å². The van der Waals surface area contributed by atoms with Gasteiger partial charge in [-0.25, -0.2) is 9.18 Å². The maximum atomic E-state index is 12.9. The molecule has 5 heteroatoms. The molecule has 0 radical (unpaired) electrons. The van der Waals surface area contributed by atoms with Crippen LogP contribution in [-0.4, -0.2) is 17.3 Å². The first-order valence-corrected chi connectivity index (χ1v) is 5.53. The summed E-state index contributed by atoms with van der Waals surface area (Å²) in [6.07, 6.45) is 1.45. The molecule has 0 aliphatic rings. The van der Waals surface area contributed by atoms with Crippen molar-refractivity contribution >= 4 is 17.9 Å². The van der Waals surface area contributed by atoms with E-state index in [1.54, 1.807) is 24.3 Å². The third-order valence-electron chi connectivity index (χ3n) is 2.37. The summed E-state index contributed by atoms with van der Waals surface area (Å²) in [4.78, 5) is 10.8. The summed E-state index contributed by atoms with van der Waals surface area (Å²) < 4.78 is 12.9. The van der Waals surface area contributed by atoms with Crippen molar-refractivity contribution in [1.29, 1.82) is 0 Å². The first-order valence-electron chi connectivity index (χ1n) is 5.53. The van der Waals surface area contributed by atoms with Crippen molar-refractivity contribution in [3.05, 3.63) is 65.5 Å². The van der Waals surface area contributed by atoms with Crippen LogP contribution in [0.4, 0.5) is 10.1 Å². The number of benzene rings is 2. The minimum atomic E-state index is -1.00. The van der Waals surface area contributed by atoms with Gasteiger partial charge in [0.1, 0.15) is 5.82 Å². The minimum Gasteiger partial charge on any atom is -0.478 e. The quantitative estimate of drug-likeness (QED) is 0.654. The normalized spacial score (nSPS) is 10.6. The summed E-state index contributed by atoms with van der Waals surface area (Å²) in [5.74, 6) is -1.34. The van der Waals surface area contributed by atoms with E-state index < -0.39 is 5.97 Å². The van der Waals surface area contributed by atoms with E-state index >= 15 is 0 Å². The van der Waals surface area contributed by atoms with Crippen molar-refractivity contribution < 1.29 is 14.3 Å². The van der Waals surface area contributed by atoms with E-state index in [0.717, 1.165) is 0 Å². The van der Waals surface area contributed by atoms with Gasteiger partial charge in [0.15, 0.2) is 0 Å². The molecule has 0 aromatic heterocycles. The van der Waals surface area contributed by atoms with Gasteiger partial charge < -0.3 is 5.11 Å². The molecule has 0 unspecified atom stereocenters. The Bertz CT molecular complexity index is 626. The van der Waals surface area contributed by atoms with Crippen LogP contribution >= 0.6 is 0 Å². The molecular weight excluding hydrogens is 247 g/mol. The second-order valence-electron chi connectivity index (χ2n) is 3.81. The van der Waals surface area contributed by atoms with Gasteiger partial charge in [-0.05, 0) is 35.9 Å². The van der Waals surface area contributed by atoms with Crippen molar-refractivity contribution in [2.45, 2.75) is 0 Å². The lowest BCUT2D eigenvalue weighted by Crippen LogP contribution is -1.97. The average Bonchev–Trinajstić information content (AvgIpc) is 2.39. The Morgan fingerprint density at radius 1 is 1.21 bits per heavy atom. The van der Waals surface area contributed by atoms with E-state index in [-0.39, 0.29) is 11.4 Å². The fourth-order valence-electron chi connectivity index (χ4n) is 1.49. The predicted octanol–water partition coefficient (Wildman–Crippen LogP) is 2.97. The monoisotopic (exact) mass is 258 g/mol. The lowest BCUT2D eigenvalue weighted by molar-refractivity contribution is 0.0697. The number of carbonyl (C=O) groups is 1. The van der Waals surface area contributed by atoms with Crippen molar-refractivity contribution in [2.24, 2.45) is 5.10 Å². The Balaban J connectivity index is 2.06. The number of carboxylic acids is 1. The number of nitrogens with zero attached hydrogens (tertiary/aromatic N) is 1. The van der Waals surface area contributed by atoms with Crippen LogP contribution in [0, 0.1) is 5.82 Å². The molecule has 0 spiro atoms. The Labute approximate surface area is 109 Å². The zero-order valence-electron chi connectivity index (χ0n) is 9.88. The zero-order valence-corrected chi connectivity index (χ0v) is 9.88. The van der Waals surface area contributed by atoms with Gasteiger partial charge in [-0.3, -0.25) is 5.43 Å². The van der Waals surface area contributed by atoms with Gasteiger partial charge in [0, 0.05) is 0 Å². The van der Waals surface area contributed by atoms with E-state index in [9.17, 15) is 9.18 Å². The molecule has 2 N–H and O–H groups in total. The summed E-state index contributed by atoms with van der Waals surface area (Å²) in [5, 5.41) is 12.8. The largest absolute Gasteiger partial charge is 0.478 e. The van der Waals surface area contributed by atoms with E-state index in [1.807, 2.05) is 0 Å². The van der Waals surface area contributed by atoms with Crippen LogP contribution < -0.4 is 5.43 Å². The maximum absolute atomic E-state index is 12.9. The number of nitrogens with one attached hydrogen (secondary N) is 1. The maximum Gasteiger partial charge on any atom is 0.335 e. The van der Waals surface area contributed by atoms with Crippen LogP contribution in [0.3, 0.4) is 0 Å². The Morgan fingerprint density at radius 3 is 2.74 bits per heavy atom. The van der Waals surface area contributed by atoms with Crippen LogP contribution in [0.2, 0.25) is 0 Å². The van der Waals surface area contributed by atoms with Crippen LogP contribution in [-0.2, 0) is 0 Å². The molecule has 2 rings (SSSR count). The molecule has 0 bridgehead atoms. The van der Waals surface area contributed by atoms with Crippen molar-refractivity contribution in [2.75, 3.05) is 5.43 Å². The Kier molecular flexibility index (Phi) is 3.87. The van der Waals surface area contributed by atoms with Gasteiger partial charge in [0.2, 0.25) is 0 Å². The molecule has 4 nitrogen and oxygen atoms in total. The third-order valence-corrected chi connectivity index (χ3v) is 2.37. The summed E-state index contributed by atoms with van der Waals surface area (Å²) >= 11 is 0. The number of hydrazone groups is 1. The van der Waals surface area contributed by atoms with Crippen LogP contribution in [0.25, 0.3) is 0 Å². The van der Waals surface area contributed by atoms with Crippen LogP contribution in [0.1, 0.15) is 15.9 Å². The highest BCUT2D eigenvalue weighted by Crippen LogP contribution is 2.10. The van der Waals surface area contributed by atoms with Crippen molar-refractivity contribution in [3.63, 3.8) is 0 Å². The van der Waals surface area contributed by atoms with E-state index in [0.29, 0.717) is 11.3 Å². The number of rotatable bonds is 4. The molecule has 0 saturated heterocycles. The molecule has 0 atom stereocenters. The molecule has 2 aromatic rings. The number of hydrogen-bond acceptors (Lipinski definition) is 3. The molecule has 2 aromatic carbocycles. The second kappa shape index (κ2) is 5.77. The highest BCUT2D eigenvalue weighted by Gasteiger charge is 2.01. The summed E-state index contributed by atoms with van der Waals surface area (Å²) in [6.45, 7) is 0. The highest BCUT2D eigenvalue weighted by atomic mass is 19.1. The summed E-state index contributed by atoms with van der Waals surface area (Å²) in [5.41, 5.74) is 4.03. The molecular formula is C14H11FN2O2. The summed E-state index contributed by atoms with van der Waals surface area (Å²) in [7, 11) is 0. The SMILES string of the molecule is O=C(O)c1cccc(N/N=C/c2cccc(F)c2)c1. The number of carboxylic acid groups (broad SMARTS) is 1. The van der Waals surface area contributed by atoms with Gasteiger partial charge in [-0.15, -0.1) is 0 Å². The topological polar surface area (TPSA) is 61.7 Å². The molecule has 0 saturated carbocycles. The standard InChI is InChI=1S/C14H11FN2O2/c15-12-5-1-3-10(7-12)9-16-17-13-6-2-4-11(8-13)14(18)19/h1-9,17H,(H,18,19)/b16-9+. The fraction of sp³-hybridized carbons (Fsp3) is 0. The molecule has 0 heterocycles. The number of anilines is 1. The molecule has 0 aliphatic carbocycles. The average molecular weight is 258 g/mol. The van der Waals surface area contributed by atoms with E-state index in [1.165, 1.54) is 30.5 Å². The van der Waals surface area contributed by atoms with Gasteiger partial charge in [-0.2, -0.15) is 5.10 Å².